The van der Waals surface area contributed by atoms with Crippen LogP contribution in [0.3, 0.4) is 0 Å². The molecule has 0 aliphatic heterocycles. The predicted octanol–water partition coefficient (Wildman–Crippen LogP) is 6.82. The van der Waals surface area contributed by atoms with E-state index in [-0.39, 0.29) is 11.5 Å². The summed E-state index contributed by atoms with van der Waals surface area (Å²) in [6, 6.07) is 26.7. The van der Waals surface area contributed by atoms with Crippen LogP contribution < -0.4 is 5.73 Å². The molecule has 0 spiro atoms. The van der Waals surface area contributed by atoms with E-state index >= 15 is 0 Å². The molecule has 0 saturated heterocycles. The molecule has 2 heterocycles. The molecule has 0 bridgehead atoms. The van der Waals surface area contributed by atoms with Crippen molar-refractivity contribution in [2.24, 2.45) is 0 Å². The molecule has 3 aromatic carbocycles. The van der Waals surface area contributed by atoms with Gasteiger partial charge in [-0.25, -0.2) is 0 Å². The lowest BCUT2D eigenvalue weighted by atomic mass is 9.97. The van der Waals surface area contributed by atoms with E-state index in [1.807, 2.05) is 60.7 Å². The standard InChI is InChI=1S/C25H17NO2S2/c26-22-13-12-20(29-22)15-6-8-16(9-7-15)23-19-11-10-18(27)14-21(19)30-25(23)24(28)17-4-2-1-3-5-17/h1-14,27H,26H2. The lowest BCUT2D eigenvalue weighted by Gasteiger charge is -2.07. The quantitative estimate of drug-likeness (QED) is 0.310. The monoisotopic (exact) mass is 427 g/mol. The molecule has 5 heteroatoms. The Morgan fingerprint density at radius 3 is 2.23 bits per heavy atom. The number of nitrogen functional groups attached to an aromatic ring is 1. The minimum atomic E-state index is -0.0126. The van der Waals surface area contributed by atoms with Crippen LogP contribution in [0.2, 0.25) is 0 Å². The summed E-state index contributed by atoms with van der Waals surface area (Å²) >= 11 is 2.97. The second kappa shape index (κ2) is 7.44. The van der Waals surface area contributed by atoms with Crippen molar-refractivity contribution in [3.05, 3.63) is 95.4 Å². The summed E-state index contributed by atoms with van der Waals surface area (Å²) in [6.07, 6.45) is 0. The fourth-order valence-corrected chi connectivity index (χ4v) is 5.56. The number of nitrogens with two attached hydrogens (primary N) is 1. The highest BCUT2D eigenvalue weighted by Crippen LogP contribution is 2.42. The summed E-state index contributed by atoms with van der Waals surface area (Å²) < 4.78 is 0.888. The van der Waals surface area contributed by atoms with Crippen LogP contribution in [0.15, 0.2) is 84.9 Å². The lowest BCUT2D eigenvalue weighted by molar-refractivity contribution is 0.104. The van der Waals surface area contributed by atoms with Crippen LogP contribution in [0.5, 0.6) is 5.75 Å². The number of benzene rings is 3. The van der Waals surface area contributed by atoms with Gasteiger partial charge in [0.25, 0.3) is 0 Å². The van der Waals surface area contributed by atoms with Gasteiger partial charge in [-0.3, -0.25) is 4.79 Å². The molecular weight excluding hydrogens is 410 g/mol. The molecule has 5 rings (SSSR count). The largest absolute Gasteiger partial charge is 0.508 e. The zero-order valence-electron chi connectivity index (χ0n) is 15.8. The fraction of sp³-hybridized carbons (Fsp3) is 0. The summed E-state index contributed by atoms with van der Waals surface area (Å²) in [5, 5.41) is 11.7. The number of carbonyl (C=O) groups excluding carboxylic acids is 1. The van der Waals surface area contributed by atoms with Crippen LogP contribution in [-0.2, 0) is 0 Å². The van der Waals surface area contributed by atoms with Crippen molar-refractivity contribution in [3.8, 4) is 27.3 Å². The average Bonchev–Trinajstić information content (AvgIpc) is 3.37. The van der Waals surface area contributed by atoms with Crippen molar-refractivity contribution in [1.29, 1.82) is 0 Å². The first kappa shape index (κ1) is 18.6. The fourth-order valence-electron chi connectivity index (χ4n) is 3.56. The van der Waals surface area contributed by atoms with Gasteiger partial charge in [-0.05, 0) is 41.5 Å². The molecule has 0 aliphatic rings. The van der Waals surface area contributed by atoms with Crippen LogP contribution in [0.25, 0.3) is 31.7 Å². The summed E-state index contributed by atoms with van der Waals surface area (Å²) in [5.41, 5.74) is 9.49. The molecular formula is C25H17NO2S2. The molecule has 3 N–H and O–H groups in total. The molecule has 0 fully saturated rings. The van der Waals surface area contributed by atoms with E-state index in [1.165, 1.54) is 11.3 Å². The van der Waals surface area contributed by atoms with Crippen molar-refractivity contribution >= 4 is 43.5 Å². The van der Waals surface area contributed by atoms with Crippen molar-refractivity contribution in [1.82, 2.24) is 0 Å². The normalized spacial score (nSPS) is 11.1. The SMILES string of the molecule is Nc1ccc(-c2ccc(-c3c(C(=O)c4ccccc4)sc4cc(O)ccc34)cc2)s1. The molecule has 3 nitrogen and oxygen atoms in total. The Bertz CT molecular complexity index is 1370. The Labute approximate surface area is 181 Å². The first-order chi connectivity index (χ1) is 14.6. The Morgan fingerprint density at radius 1 is 0.800 bits per heavy atom. The van der Waals surface area contributed by atoms with E-state index in [2.05, 4.69) is 12.1 Å². The zero-order valence-corrected chi connectivity index (χ0v) is 17.5. The van der Waals surface area contributed by atoms with Crippen molar-refractivity contribution in [2.75, 3.05) is 5.73 Å². The van der Waals surface area contributed by atoms with E-state index in [0.717, 1.165) is 36.7 Å². The van der Waals surface area contributed by atoms with Gasteiger partial charge in [0.05, 0.1) is 9.88 Å². The number of thiophene rings is 2. The van der Waals surface area contributed by atoms with E-state index in [0.29, 0.717) is 10.4 Å². The van der Waals surface area contributed by atoms with E-state index in [4.69, 9.17) is 5.73 Å². The highest BCUT2D eigenvalue weighted by Gasteiger charge is 2.21. The molecule has 146 valence electrons. The Kier molecular flexibility index (Phi) is 4.62. The van der Waals surface area contributed by atoms with Crippen molar-refractivity contribution < 1.29 is 9.90 Å². The van der Waals surface area contributed by atoms with Gasteiger partial charge in [0.1, 0.15) is 5.75 Å². The second-order valence-electron chi connectivity index (χ2n) is 6.96. The number of hydrogen-bond donors (Lipinski definition) is 2. The van der Waals surface area contributed by atoms with Crippen molar-refractivity contribution in [2.45, 2.75) is 0 Å². The Balaban J connectivity index is 1.66. The molecule has 0 atom stereocenters. The van der Waals surface area contributed by atoms with Crippen LogP contribution in [0, 0.1) is 0 Å². The zero-order chi connectivity index (χ0) is 20.7. The highest BCUT2D eigenvalue weighted by molar-refractivity contribution is 7.21. The number of hydrogen-bond acceptors (Lipinski definition) is 5. The topological polar surface area (TPSA) is 63.3 Å². The van der Waals surface area contributed by atoms with E-state index in [1.54, 1.807) is 23.5 Å². The number of phenolic OH excluding ortho intramolecular Hbond substituents is 1. The number of ketones is 1. The van der Waals surface area contributed by atoms with E-state index in [9.17, 15) is 9.90 Å². The van der Waals surface area contributed by atoms with Gasteiger partial charge in [0, 0.05) is 26.1 Å². The Morgan fingerprint density at radius 2 is 1.53 bits per heavy atom. The second-order valence-corrected chi connectivity index (χ2v) is 9.13. The number of aromatic hydroxyl groups is 1. The van der Waals surface area contributed by atoms with Gasteiger partial charge in [0.15, 0.2) is 0 Å². The minimum absolute atomic E-state index is 0.0126. The third-order valence-corrected chi connectivity index (χ3v) is 7.12. The van der Waals surface area contributed by atoms with Gasteiger partial charge in [0.2, 0.25) is 5.78 Å². The number of rotatable bonds is 4. The number of phenols is 1. The number of anilines is 1. The maximum Gasteiger partial charge on any atom is 0.203 e. The summed E-state index contributed by atoms with van der Waals surface area (Å²) in [6.45, 7) is 0. The molecule has 5 aromatic rings. The summed E-state index contributed by atoms with van der Waals surface area (Å²) in [4.78, 5) is 15.1. The lowest BCUT2D eigenvalue weighted by Crippen LogP contribution is -2.00. The Hall–Kier alpha value is -3.41. The average molecular weight is 428 g/mol. The van der Waals surface area contributed by atoms with Crippen LogP contribution in [0.4, 0.5) is 5.00 Å². The highest BCUT2D eigenvalue weighted by atomic mass is 32.1. The summed E-state index contributed by atoms with van der Waals surface area (Å²) in [7, 11) is 0. The van der Waals surface area contributed by atoms with Crippen LogP contribution in [-0.4, -0.2) is 10.9 Å². The maximum atomic E-state index is 13.3. The predicted molar refractivity (Wildman–Crippen MR) is 127 cm³/mol. The van der Waals surface area contributed by atoms with E-state index < -0.39 is 0 Å². The molecule has 30 heavy (non-hydrogen) atoms. The first-order valence-corrected chi connectivity index (χ1v) is 11.0. The molecule has 0 amide bonds. The summed E-state index contributed by atoms with van der Waals surface area (Å²) in [5.74, 6) is 0.182. The molecule has 0 radical (unpaired) electrons. The number of carbonyl (C=O) groups is 1. The van der Waals surface area contributed by atoms with Gasteiger partial charge >= 0.3 is 0 Å². The van der Waals surface area contributed by atoms with Gasteiger partial charge < -0.3 is 10.8 Å². The molecule has 2 aromatic heterocycles. The molecule has 0 aliphatic carbocycles. The van der Waals surface area contributed by atoms with Gasteiger partial charge in [-0.1, -0.05) is 54.6 Å². The van der Waals surface area contributed by atoms with Gasteiger partial charge in [-0.15, -0.1) is 22.7 Å². The number of fused-ring (bicyclic) bond motifs is 1. The minimum Gasteiger partial charge on any atom is -0.508 e. The van der Waals surface area contributed by atoms with Gasteiger partial charge in [-0.2, -0.15) is 0 Å². The molecule has 0 saturated carbocycles. The third kappa shape index (κ3) is 3.28. The maximum absolute atomic E-state index is 13.3. The van der Waals surface area contributed by atoms with Crippen LogP contribution >= 0.6 is 22.7 Å². The smallest absolute Gasteiger partial charge is 0.203 e. The first-order valence-electron chi connectivity index (χ1n) is 9.41. The molecule has 0 unspecified atom stereocenters. The van der Waals surface area contributed by atoms with Crippen molar-refractivity contribution in [3.63, 3.8) is 0 Å². The third-order valence-electron chi connectivity index (χ3n) is 5.00. The van der Waals surface area contributed by atoms with Crippen LogP contribution in [0.1, 0.15) is 15.2 Å².